The maximum absolute atomic E-state index is 12.4. The Hall–Kier alpha value is -1.26. The molecule has 0 aromatic carbocycles. The zero-order valence-corrected chi connectivity index (χ0v) is 13.7. The van der Waals surface area contributed by atoms with E-state index in [1.807, 2.05) is 34.6 Å². The van der Waals surface area contributed by atoms with Crippen molar-refractivity contribution in [1.29, 1.82) is 0 Å². The van der Waals surface area contributed by atoms with Crippen LogP contribution in [0, 0.1) is 17.3 Å². The lowest BCUT2D eigenvalue weighted by atomic mass is 9.94. The number of hydrogen-bond donors (Lipinski definition) is 1. The predicted molar refractivity (Wildman–Crippen MR) is 79.0 cm³/mol. The Balaban J connectivity index is 2.14. The minimum absolute atomic E-state index is 0.00954. The molecule has 2 fully saturated rings. The highest BCUT2D eigenvalue weighted by molar-refractivity contribution is 5.76. The molecule has 1 aliphatic carbocycles. The SMILES string of the molecule is CC(C)(C)OC(=O)N1CCCCC1C1C(C(=O)O)C1(C)C. The van der Waals surface area contributed by atoms with Crippen LogP contribution in [-0.2, 0) is 9.53 Å². The molecule has 5 nitrogen and oxygen atoms in total. The standard InChI is InChI=1S/C16H27NO4/c1-15(2,3)21-14(20)17-9-7-6-8-10(17)11-12(13(18)19)16(11,4)5/h10-12H,6-9H2,1-5H3,(H,18,19). The van der Waals surface area contributed by atoms with Crippen molar-refractivity contribution in [2.75, 3.05) is 6.54 Å². The van der Waals surface area contributed by atoms with E-state index in [1.54, 1.807) is 4.90 Å². The van der Waals surface area contributed by atoms with Crippen molar-refractivity contribution < 1.29 is 19.4 Å². The van der Waals surface area contributed by atoms with Gasteiger partial charge in [-0.05, 0) is 51.4 Å². The Kier molecular flexibility index (Phi) is 3.98. The molecule has 5 heteroatoms. The van der Waals surface area contributed by atoms with Crippen molar-refractivity contribution in [1.82, 2.24) is 4.90 Å². The number of likely N-dealkylation sites (tertiary alicyclic amines) is 1. The normalized spacial score (nSPS) is 31.7. The molecule has 2 aliphatic rings. The summed E-state index contributed by atoms with van der Waals surface area (Å²) in [5.74, 6) is -1.08. The smallest absolute Gasteiger partial charge is 0.410 e. The molecule has 2 rings (SSSR count). The second kappa shape index (κ2) is 5.18. The molecule has 0 aromatic heterocycles. The molecule has 0 spiro atoms. The van der Waals surface area contributed by atoms with Crippen LogP contribution in [0.25, 0.3) is 0 Å². The van der Waals surface area contributed by atoms with E-state index in [2.05, 4.69) is 0 Å². The fourth-order valence-electron chi connectivity index (χ4n) is 3.75. The second-order valence-electron chi connectivity index (χ2n) is 7.90. The van der Waals surface area contributed by atoms with Gasteiger partial charge in [0.15, 0.2) is 0 Å². The molecule has 3 unspecified atom stereocenters. The van der Waals surface area contributed by atoms with E-state index in [-0.39, 0.29) is 29.4 Å². The van der Waals surface area contributed by atoms with E-state index in [1.165, 1.54) is 0 Å². The van der Waals surface area contributed by atoms with Gasteiger partial charge in [-0.2, -0.15) is 0 Å². The maximum atomic E-state index is 12.4. The predicted octanol–water partition coefficient (Wildman–Crippen LogP) is 3.13. The molecule has 1 heterocycles. The monoisotopic (exact) mass is 297 g/mol. The molecule has 1 aliphatic heterocycles. The van der Waals surface area contributed by atoms with E-state index >= 15 is 0 Å². The van der Waals surface area contributed by atoms with Crippen molar-refractivity contribution in [3.8, 4) is 0 Å². The number of amides is 1. The summed E-state index contributed by atoms with van der Waals surface area (Å²) in [4.78, 5) is 25.6. The summed E-state index contributed by atoms with van der Waals surface area (Å²) in [6, 6.07) is -0.00954. The number of rotatable bonds is 2. The van der Waals surface area contributed by atoms with E-state index < -0.39 is 11.6 Å². The summed E-state index contributed by atoms with van der Waals surface area (Å²) in [7, 11) is 0. The highest BCUT2D eigenvalue weighted by atomic mass is 16.6. The van der Waals surface area contributed by atoms with Gasteiger partial charge in [-0.3, -0.25) is 4.79 Å². The van der Waals surface area contributed by atoms with Crippen LogP contribution in [0.1, 0.15) is 53.9 Å². The first-order chi connectivity index (χ1) is 9.55. The Morgan fingerprint density at radius 2 is 1.86 bits per heavy atom. The molecule has 0 bridgehead atoms. The van der Waals surface area contributed by atoms with Gasteiger partial charge in [-0.1, -0.05) is 13.8 Å². The Morgan fingerprint density at radius 1 is 1.24 bits per heavy atom. The second-order valence-corrected chi connectivity index (χ2v) is 7.90. The molecule has 3 atom stereocenters. The first-order valence-electron chi connectivity index (χ1n) is 7.78. The summed E-state index contributed by atoms with van der Waals surface area (Å²) in [5, 5.41) is 9.37. The van der Waals surface area contributed by atoms with E-state index in [0.717, 1.165) is 19.3 Å². The fraction of sp³-hybridized carbons (Fsp3) is 0.875. The number of carbonyl (C=O) groups excluding carboxylic acids is 1. The molecular formula is C16H27NO4. The number of aliphatic carboxylic acids is 1. The summed E-state index contributed by atoms with van der Waals surface area (Å²) >= 11 is 0. The maximum Gasteiger partial charge on any atom is 0.410 e. The van der Waals surface area contributed by atoms with Gasteiger partial charge in [0.05, 0.1) is 5.92 Å². The van der Waals surface area contributed by atoms with Crippen LogP contribution >= 0.6 is 0 Å². The minimum Gasteiger partial charge on any atom is -0.481 e. The van der Waals surface area contributed by atoms with Gasteiger partial charge in [0.1, 0.15) is 5.60 Å². The number of carboxylic acid groups (broad SMARTS) is 1. The van der Waals surface area contributed by atoms with Gasteiger partial charge in [0.25, 0.3) is 0 Å². The van der Waals surface area contributed by atoms with E-state index in [4.69, 9.17) is 4.74 Å². The molecule has 1 N–H and O–H groups in total. The van der Waals surface area contributed by atoms with Gasteiger partial charge < -0.3 is 14.7 Å². The highest BCUT2D eigenvalue weighted by Crippen LogP contribution is 2.62. The quantitative estimate of drug-likeness (QED) is 0.850. The fourth-order valence-corrected chi connectivity index (χ4v) is 3.75. The molecule has 120 valence electrons. The van der Waals surface area contributed by atoms with Gasteiger partial charge >= 0.3 is 12.1 Å². The molecule has 1 amide bonds. The number of hydrogen-bond acceptors (Lipinski definition) is 3. The van der Waals surface area contributed by atoms with Crippen molar-refractivity contribution in [3.63, 3.8) is 0 Å². The van der Waals surface area contributed by atoms with Crippen LogP contribution in [0.2, 0.25) is 0 Å². The largest absolute Gasteiger partial charge is 0.481 e. The van der Waals surface area contributed by atoms with Crippen LogP contribution in [0.3, 0.4) is 0 Å². The molecule has 1 saturated carbocycles. The lowest BCUT2D eigenvalue weighted by molar-refractivity contribution is -0.139. The molecule has 21 heavy (non-hydrogen) atoms. The van der Waals surface area contributed by atoms with Crippen LogP contribution < -0.4 is 0 Å². The van der Waals surface area contributed by atoms with Crippen LogP contribution in [-0.4, -0.2) is 40.3 Å². The summed E-state index contributed by atoms with van der Waals surface area (Å²) in [6.07, 6.45) is 2.57. The van der Waals surface area contributed by atoms with Crippen molar-refractivity contribution in [3.05, 3.63) is 0 Å². The lowest BCUT2D eigenvalue weighted by Gasteiger charge is -2.37. The summed E-state index contributed by atoms with van der Waals surface area (Å²) in [5.41, 5.74) is -0.765. The first-order valence-corrected chi connectivity index (χ1v) is 7.78. The molecular weight excluding hydrogens is 270 g/mol. The van der Waals surface area contributed by atoms with Gasteiger partial charge in [-0.25, -0.2) is 4.79 Å². The summed E-state index contributed by atoms with van der Waals surface area (Å²) < 4.78 is 5.49. The lowest BCUT2D eigenvalue weighted by Crippen LogP contribution is -2.48. The van der Waals surface area contributed by atoms with Gasteiger partial charge in [0, 0.05) is 12.6 Å². The number of carboxylic acids is 1. The van der Waals surface area contributed by atoms with Crippen LogP contribution in [0.5, 0.6) is 0 Å². The van der Waals surface area contributed by atoms with Gasteiger partial charge in [0.2, 0.25) is 0 Å². The highest BCUT2D eigenvalue weighted by Gasteiger charge is 2.66. The molecule has 1 saturated heterocycles. The zero-order valence-electron chi connectivity index (χ0n) is 13.7. The van der Waals surface area contributed by atoms with Crippen LogP contribution in [0.15, 0.2) is 0 Å². The third-order valence-corrected chi connectivity index (χ3v) is 4.77. The third kappa shape index (κ3) is 3.16. The average molecular weight is 297 g/mol. The van der Waals surface area contributed by atoms with Crippen molar-refractivity contribution in [2.24, 2.45) is 17.3 Å². The number of nitrogens with zero attached hydrogens (tertiary/aromatic N) is 1. The van der Waals surface area contributed by atoms with Crippen molar-refractivity contribution in [2.45, 2.75) is 65.5 Å². The molecule has 0 aromatic rings. The zero-order chi connectivity index (χ0) is 16.0. The number of carbonyl (C=O) groups is 2. The number of piperidine rings is 1. The summed E-state index contributed by atoms with van der Waals surface area (Å²) in [6.45, 7) is 10.2. The van der Waals surface area contributed by atoms with Gasteiger partial charge in [-0.15, -0.1) is 0 Å². The Morgan fingerprint density at radius 3 is 2.33 bits per heavy atom. The number of ether oxygens (including phenoxy) is 1. The molecule has 0 radical (unpaired) electrons. The van der Waals surface area contributed by atoms with Crippen LogP contribution in [0.4, 0.5) is 4.79 Å². The first kappa shape index (κ1) is 16.1. The van der Waals surface area contributed by atoms with E-state index in [0.29, 0.717) is 6.54 Å². The average Bonchev–Trinajstić information content (AvgIpc) is 2.90. The topological polar surface area (TPSA) is 66.8 Å². The Bertz CT molecular complexity index is 438. The third-order valence-electron chi connectivity index (χ3n) is 4.77. The van der Waals surface area contributed by atoms with E-state index in [9.17, 15) is 14.7 Å². The minimum atomic E-state index is -0.750. The Labute approximate surface area is 126 Å². The van der Waals surface area contributed by atoms with Crippen molar-refractivity contribution >= 4 is 12.1 Å².